The lowest BCUT2D eigenvalue weighted by Gasteiger charge is -2.29. The van der Waals surface area contributed by atoms with Crippen LogP contribution in [0.25, 0.3) is 0 Å². The molecule has 29 N–H and O–H groups in total. The van der Waals surface area contributed by atoms with Crippen molar-refractivity contribution in [2.75, 3.05) is 32.7 Å². The van der Waals surface area contributed by atoms with Crippen LogP contribution in [0.2, 0.25) is 0 Å². The molecule has 10 atom stereocenters. The van der Waals surface area contributed by atoms with E-state index in [1.807, 2.05) is 0 Å². The van der Waals surface area contributed by atoms with Crippen molar-refractivity contribution in [1.29, 1.82) is 0 Å². The zero-order chi connectivity index (χ0) is 55.9. The number of hydrogen-bond donors (Lipinski definition) is 20. The maximum Gasteiger partial charge on any atom is 0.326 e. The van der Waals surface area contributed by atoms with Crippen LogP contribution in [0.1, 0.15) is 83.1 Å². The summed E-state index contributed by atoms with van der Waals surface area (Å²) >= 11 is 0. The minimum atomic E-state index is -1.79. The van der Waals surface area contributed by atoms with Crippen LogP contribution in [0.5, 0.6) is 5.75 Å². The number of carboxylic acids is 1. The molecule has 0 aliphatic heterocycles. The summed E-state index contributed by atoms with van der Waals surface area (Å²) in [6.45, 7) is 1.40. The Balaban J connectivity index is 3.44. The van der Waals surface area contributed by atoms with Crippen LogP contribution in [0, 0.1) is 0 Å². The first-order chi connectivity index (χ1) is 34.9. The number of guanidine groups is 3. The molecule has 30 nitrogen and oxygen atoms in total. The number of aliphatic hydroxyl groups excluding tert-OH is 3. The number of nitrogens with two attached hydrogens (primary N) is 9. The number of carbonyl (C=O) groups excluding carboxylic acids is 6. The number of unbranched alkanes of at least 4 members (excludes halogenated alkanes) is 1. The molecule has 0 saturated heterocycles. The number of aliphatic hydroxyl groups is 3. The van der Waals surface area contributed by atoms with Gasteiger partial charge < -0.3 is 109 Å². The zero-order valence-electron chi connectivity index (χ0n) is 41.7. The van der Waals surface area contributed by atoms with Crippen molar-refractivity contribution in [3.63, 3.8) is 0 Å². The molecule has 0 saturated carbocycles. The van der Waals surface area contributed by atoms with Crippen LogP contribution in [-0.4, -0.2) is 178 Å². The average molecular weight is 1050 g/mol. The summed E-state index contributed by atoms with van der Waals surface area (Å²) < 4.78 is 0. The van der Waals surface area contributed by atoms with Gasteiger partial charge in [0.15, 0.2) is 17.9 Å². The van der Waals surface area contributed by atoms with E-state index in [1.165, 1.54) is 24.3 Å². The van der Waals surface area contributed by atoms with Gasteiger partial charge in [-0.2, -0.15) is 0 Å². The van der Waals surface area contributed by atoms with E-state index in [2.05, 4.69) is 46.9 Å². The fraction of sp³-hybridized carbons (Fsp3) is 0.636. The van der Waals surface area contributed by atoms with Crippen molar-refractivity contribution < 1.29 is 59.1 Å². The van der Waals surface area contributed by atoms with Gasteiger partial charge >= 0.3 is 5.97 Å². The van der Waals surface area contributed by atoms with E-state index in [9.17, 15) is 59.1 Å². The number of carbonyl (C=O) groups is 7. The molecule has 418 valence electrons. The zero-order valence-corrected chi connectivity index (χ0v) is 41.7. The minimum Gasteiger partial charge on any atom is -0.508 e. The average Bonchev–Trinajstić information content (AvgIpc) is 3.32. The number of aromatic hydroxyl groups is 1. The minimum absolute atomic E-state index is 0.0189. The molecule has 0 radical (unpaired) electrons. The molecule has 1 aromatic rings. The Morgan fingerprint density at radius 1 is 0.514 bits per heavy atom. The number of carboxylic acid groups (broad SMARTS) is 1. The first kappa shape index (κ1) is 64.9. The normalized spacial score (nSPS) is 15.1. The first-order valence-corrected chi connectivity index (χ1v) is 24.1. The number of phenolic OH excluding ortho intramolecular Hbond substituents is 1. The van der Waals surface area contributed by atoms with E-state index in [0.717, 1.165) is 6.92 Å². The predicted molar refractivity (Wildman–Crippen MR) is 274 cm³/mol. The third-order valence-corrected chi connectivity index (χ3v) is 11.1. The molecule has 0 aromatic heterocycles. The van der Waals surface area contributed by atoms with Gasteiger partial charge in [-0.3, -0.25) is 43.7 Å². The highest BCUT2D eigenvalue weighted by molar-refractivity contribution is 5.97. The second kappa shape index (κ2) is 35.1. The molecular weight excluding hydrogens is 973 g/mol. The fourth-order valence-corrected chi connectivity index (χ4v) is 7.01. The number of nitrogens with zero attached hydrogens (tertiary/aromatic N) is 3. The van der Waals surface area contributed by atoms with E-state index >= 15 is 0 Å². The molecule has 30 heteroatoms. The van der Waals surface area contributed by atoms with E-state index in [0.29, 0.717) is 18.4 Å². The highest BCUT2D eigenvalue weighted by Gasteiger charge is 2.36. The lowest BCUT2D eigenvalue weighted by Crippen LogP contribution is -2.62. The van der Waals surface area contributed by atoms with Crippen LogP contribution in [0.15, 0.2) is 39.2 Å². The largest absolute Gasteiger partial charge is 0.508 e. The highest BCUT2D eigenvalue weighted by Crippen LogP contribution is 2.14. The van der Waals surface area contributed by atoms with Gasteiger partial charge in [0.05, 0.1) is 24.4 Å². The predicted octanol–water partition coefficient (Wildman–Crippen LogP) is -7.61. The van der Waals surface area contributed by atoms with Crippen molar-refractivity contribution in [3.05, 3.63) is 29.8 Å². The Kier molecular flexibility index (Phi) is 30.8. The Bertz CT molecular complexity index is 2020. The van der Waals surface area contributed by atoms with Crippen molar-refractivity contribution in [2.45, 2.75) is 145 Å². The lowest BCUT2D eigenvalue weighted by atomic mass is 10.0. The third-order valence-electron chi connectivity index (χ3n) is 11.1. The van der Waals surface area contributed by atoms with Crippen LogP contribution < -0.4 is 83.5 Å². The molecule has 10 unspecified atom stereocenters. The Hall–Kier alpha value is -7.12. The number of hydrogen-bond acceptors (Lipinski definition) is 17. The van der Waals surface area contributed by atoms with Gasteiger partial charge in [0.1, 0.15) is 42.0 Å². The number of benzene rings is 1. The lowest BCUT2D eigenvalue weighted by molar-refractivity contribution is -0.142. The second-order valence-corrected chi connectivity index (χ2v) is 17.5. The summed E-state index contributed by atoms with van der Waals surface area (Å²) in [5.74, 6) is -7.98. The summed E-state index contributed by atoms with van der Waals surface area (Å²) in [7, 11) is 0. The monoisotopic (exact) mass is 1050 g/mol. The Morgan fingerprint density at radius 2 is 0.919 bits per heavy atom. The fourth-order valence-electron chi connectivity index (χ4n) is 7.01. The van der Waals surface area contributed by atoms with E-state index in [1.54, 1.807) is 0 Å². The molecule has 6 amide bonds. The Labute approximate surface area is 428 Å². The van der Waals surface area contributed by atoms with Gasteiger partial charge in [0.25, 0.3) is 0 Å². The summed E-state index contributed by atoms with van der Waals surface area (Å²) in [4.78, 5) is 107. The van der Waals surface area contributed by atoms with Gasteiger partial charge in [0, 0.05) is 38.9 Å². The SMILES string of the molecule is CC(O)C(NC(=O)C(CCCN)NC(=O)C(CC(O)CCN=C(N)N)NC(=O)C(N)CCCCN=C(N)N)C(=O)NC(CCCN)C(=O)NC(CC(O)CCN=C(N)N)C(=O)NC(Cc1ccc(O)cc1)C(=O)O. The number of aliphatic carboxylic acids is 1. The van der Waals surface area contributed by atoms with Gasteiger partial charge in [-0.05, 0) is 95.5 Å². The van der Waals surface area contributed by atoms with Gasteiger partial charge in [-0.15, -0.1) is 0 Å². The second-order valence-electron chi connectivity index (χ2n) is 17.5. The molecular formula is C44H80N18O12. The van der Waals surface area contributed by atoms with E-state index < -0.39 is 108 Å². The molecule has 1 aromatic carbocycles. The number of phenols is 1. The van der Waals surface area contributed by atoms with Crippen LogP contribution in [0.3, 0.4) is 0 Å². The molecule has 1 rings (SSSR count). The maximum atomic E-state index is 14.0. The standard InChI is InChI=1S/C44H80N18O12/c1-23(63)34(62-37(69)30(8-5-16-46)57-38(70)31(21-26(65)13-18-55-43(50)51)59-35(67)28(47)6-2-3-17-54-42(48)49)40(72)58-29(7-4-15-45)36(68)60-32(22-27(66)14-19-56-44(52)53)39(71)61-33(41(73)74)20-24-9-11-25(64)12-10-24/h9-12,23,26-34,63-66H,2-8,13-22,45-47H2,1H3,(H,57,70)(H,58,72)(H,59,67)(H,60,68)(H,61,71)(H,62,69)(H,73,74)(H4,48,49,54)(H4,50,51,55)(H4,52,53,56). The third kappa shape index (κ3) is 27.1. The molecule has 74 heavy (non-hydrogen) atoms. The smallest absolute Gasteiger partial charge is 0.326 e. The van der Waals surface area contributed by atoms with E-state index in [4.69, 9.17) is 51.6 Å². The molecule has 0 aliphatic carbocycles. The summed E-state index contributed by atoms with van der Waals surface area (Å²) in [6.07, 6.45) is -4.39. The number of nitrogens with one attached hydrogen (secondary N) is 6. The quantitative estimate of drug-likeness (QED) is 0.0167. The van der Waals surface area contributed by atoms with Crippen LogP contribution >= 0.6 is 0 Å². The molecule has 0 aliphatic rings. The van der Waals surface area contributed by atoms with Crippen molar-refractivity contribution >= 4 is 59.3 Å². The van der Waals surface area contributed by atoms with Crippen LogP contribution in [0.4, 0.5) is 0 Å². The summed E-state index contributed by atoms with van der Waals surface area (Å²) in [5.41, 5.74) is 50.3. The van der Waals surface area contributed by atoms with Crippen molar-refractivity contribution in [2.24, 2.45) is 66.6 Å². The van der Waals surface area contributed by atoms with Crippen molar-refractivity contribution in [3.8, 4) is 5.75 Å². The molecule has 0 bridgehead atoms. The van der Waals surface area contributed by atoms with E-state index in [-0.39, 0.29) is 114 Å². The van der Waals surface area contributed by atoms with Gasteiger partial charge in [0.2, 0.25) is 35.4 Å². The molecule has 0 fully saturated rings. The summed E-state index contributed by atoms with van der Waals surface area (Å²) in [5, 5.41) is 66.8. The summed E-state index contributed by atoms with van der Waals surface area (Å²) in [6, 6.07) is -4.98. The van der Waals surface area contributed by atoms with Gasteiger partial charge in [-0.1, -0.05) is 12.1 Å². The highest BCUT2D eigenvalue weighted by atomic mass is 16.4. The van der Waals surface area contributed by atoms with Crippen molar-refractivity contribution in [1.82, 2.24) is 31.9 Å². The van der Waals surface area contributed by atoms with Gasteiger partial charge in [-0.25, -0.2) is 4.79 Å². The number of amides is 6. The Morgan fingerprint density at radius 3 is 1.36 bits per heavy atom. The topological polar surface area (TPSA) is 564 Å². The molecule has 0 spiro atoms. The number of rotatable bonds is 37. The van der Waals surface area contributed by atoms with Crippen LogP contribution in [-0.2, 0) is 40.0 Å². The first-order valence-electron chi connectivity index (χ1n) is 24.1. The molecule has 0 heterocycles. The number of aliphatic imine (C=N–C) groups is 3. The maximum absolute atomic E-state index is 14.0.